The molecule has 0 aliphatic carbocycles. The molecule has 4 nitrogen and oxygen atoms in total. The van der Waals surface area contributed by atoms with E-state index in [4.69, 9.17) is 0 Å². The molecule has 0 amide bonds. The molecule has 0 atom stereocenters. The first-order chi connectivity index (χ1) is 24.6. The quantitative estimate of drug-likeness (QED) is 0.191. The van der Waals surface area contributed by atoms with Crippen molar-refractivity contribution in [3.05, 3.63) is 168 Å². The van der Waals surface area contributed by atoms with Crippen LogP contribution in [0.3, 0.4) is 0 Å². The normalized spacial score (nSPS) is 11.4. The van der Waals surface area contributed by atoms with E-state index in [1.165, 1.54) is 24.3 Å². The van der Waals surface area contributed by atoms with Crippen molar-refractivity contribution in [3.8, 4) is 45.8 Å². The van der Waals surface area contributed by atoms with Crippen molar-refractivity contribution in [2.75, 3.05) is 0 Å². The molecule has 50 heavy (non-hydrogen) atoms. The Balaban J connectivity index is 1.62. The third kappa shape index (κ3) is 4.19. The first-order valence-electron chi connectivity index (χ1n) is 16.1. The minimum absolute atomic E-state index is 0.239. The van der Waals surface area contributed by atoms with Gasteiger partial charge in [0.05, 0.1) is 44.6 Å². The van der Waals surface area contributed by atoms with Crippen molar-refractivity contribution < 1.29 is 8.78 Å². The number of halogens is 2. The lowest BCUT2D eigenvalue weighted by Crippen LogP contribution is -2.11. The second-order valence-corrected chi connectivity index (χ2v) is 12.2. The summed E-state index contributed by atoms with van der Waals surface area (Å²) in [6.45, 7) is 0. The van der Waals surface area contributed by atoms with Crippen LogP contribution in [-0.4, -0.2) is 9.13 Å². The van der Waals surface area contributed by atoms with Gasteiger partial charge in [0.25, 0.3) is 0 Å². The van der Waals surface area contributed by atoms with Gasteiger partial charge in [-0.25, -0.2) is 8.78 Å². The van der Waals surface area contributed by atoms with E-state index >= 15 is 0 Å². The number of hydrogen-bond donors (Lipinski definition) is 0. The van der Waals surface area contributed by atoms with Gasteiger partial charge in [0.1, 0.15) is 23.8 Å². The summed E-state index contributed by atoms with van der Waals surface area (Å²) in [6.07, 6.45) is 0. The molecule has 0 aliphatic heterocycles. The summed E-state index contributed by atoms with van der Waals surface area (Å²) < 4.78 is 33.2. The molecule has 0 N–H and O–H groups in total. The van der Waals surface area contributed by atoms with Crippen molar-refractivity contribution in [3.63, 3.8) is 0 Å². The Morgan fingerprint density at radius 1 is 0.380 bits per heavy atom. The summed E-state index contributed by atoms with van der Waals surface area (Å²) in [5.41, 5.74) is 7.09. The van der Waals surface area contributed by atoms with Crippen LogP contribution in [0.15, 0.2) is 146 Å². The van der Waals surface area contributed by atoms with Gasteiger partial charge in [-0.15, -0.1) is 0 Å². The standard InChI is InChI=1S/C44H24F2N4/c45-29-21-17-27(18-22-29)41-35(25-47)43(49-37-13-5-1-9-31(37)32-10-2-6-14-38(32)49)42(28-19-23-30(46)24-20-28)44(36(41)26-48)50-39-15-7-3-11-33(39)34-12-4-8-16-40(34)50/h1-24H. The maximum atomic E-state index is 14.6. The van der Waals surface area contributed by atoms with Crippen LogP contribution in [0.4, 0.5) is 8.78 Å². The van der Waals surface area contributed by atoms with Gasteiger partial charge in [-0.2, -0.15) is 10.5 Å². The monoisotopic (exact) mass is 646 g/mol. The molecule has 0 saturated carbocycles. The van der Waals surface area contributed by atoms with Crippen LogP contribution >= 0.6 is 0 Å². The molecule has 0 bridgehead atoms. The third-order valence-electron chi connectivity index (χ3n) is 9.54. The summed E-state index contributed by atoms with van der Waals surface area (Å²) in [6, 6.07) is 49.1. The summed E-state index contributed by atoms with van der Waals surface area (Å²) in [5, 5.41) is 26.4. The van der Waals surface area contributed by atoms with Crippen molar-refractivity contribution in [2.45, 2.75) is 0 Å². The number of para-hydroxylation sites is 4. The Kier molecular flexibility index (Phi) is 6.59. The largest absolute Gasteiger partial charge is 0.307 e. The van der Waals surface area contributed by atoms with Gasteiger partial charge in [0.2, 0.25) is 0 Å². The smallest absolute Gasteiger partial charge is 0.123 e. The van der Waals surface area contributed by atoms with Gasteiger partial charge in [-0.05, 0) is 59.7 Å². The Labute approximate surface area is 285 Å². The molecule has 9 aromatic rings. The molecule has 0 radical (unpaired) electrons. The first kappa shape index (κ1) is 29.1. The van der Waals surface area contributed by atoms with Gasteiger partial charge in [-0.1, -0.05) is 97.1 Å². The van der Waals surface area contributed by atoms with Crippen LogP contribution in [0.25, 0.3) is 77.2 Å². The summed E-state index contributed by atoms with van der Waals surface area (Å²) in [7, 11) is 0. The maximum absolute atomic E-state index is 14.6. The number of hydrogen-bond acceptors (Lipinski definition) is 2. The molecule has 0 saturated heterocycles. The third-order valence-corrected chi connectivity index (χ3v) is 9.54. The van der Waals surface area contributed by atoms with E-state index in [1.807, 2.05) is 72.8 Å². The van der Waals surface area contributed by atoms with Crippen LogP contribution in [0.1, 0.15) is 11.1 Å². The molecular formula is C44H24F2N4. The predicted molar refractivity (Wildman–Crippen MR) is 195 cm³/mol. The fourth-order valence-electron chi connectivity index (χ4n) is 7.51. The van der Waals surface area contributed by atoms with Crippen molar-refractivity contribution in [2.24, 2.45) is 0 Å². The SMILES string of the molecule is N#Cc1c(-c2ccc(F)cc2)c(C#N)c(-n2c3ccccc3c3ccccc32)c(-c2ccc(F)cc2)c1-n1c2ccccc2c2ccccc21. The zero-order valence-electron chi connectivity index (χ0n) is 26.4. The van der Waals surface area contributed by atoms with E-state index in [9.17, 15) is 19.3 Å². The molecule has 7 aromatic carbocycles. The number of fused-ring (bicyclic) bond motifs is 6. The van der Waals surface area contributed by atoms with Crippen LogP contribution in [0.5, 0.6) is 0 Å². The van der Waals surface area contributed by atoms with Crippen molar-refractivity contribution >= 4 is 43.6 Å². The number of benzene rings is 7. The Hall–Kier alpha value is -7.02. The molecule has 6 heteroatoms. The zero-order valence-corrected chi connectivity index (χ0v) is 26.4. The molecule has 0 unspecified atom stereocenters. The number of nitrogens with zero attached hydrogens (tertiary/aromatic N) is 4. The Bertz CT molecular complexity index is 2640. The fourth-order valence-corrected chi connectivity index (χ4v) is 7.51. The van der Waals surface area contributed by atoms with Gasteiger partial charge < -0.3 is 9.13 Å². The lowest BCUT2D eigenvalue weighted by Gasteiger charge is -2.25. The highest BCUT2D eigenvalue weighted by Crippen LogP contribution is 2.48. The summed E-state index contributed by atoms with van der Waals surface area (Å²) >= 11 is 0. The van der Waals surface area contributed by atoms with E-state index in [-0.39, 0.29) is 11.1 Å². The highest BCUT2D eigenvalue weighted by Gasteiger charge is 2.31. The van der Waals surface area contributed by atoms with Gasteiger partial charge in [0, 0.05) is 32.7 Å². The van der Waals surface area contributed by atoms with E-state index in [2.05, 4.69) is 45.5 Å². The minimum atomic E-state index is -0.432. The highest BCUT2D eigenvalue weighted by molar-refractivity contribution is 6.13. The first-order valence-corrected chi connectivity index (χ1v) is 16.1. The summed E-state index contributed by atoms with van der Waals surface area (Å²) in [5.74, 6) is -0.839. The highest BCUT2D eigenvalue weighted by atomic mass is 19.1. The van der Waals surface area contributed by atoms with Crippen LogP contribution in [0.2, 0.25) is 0 Å². The van der Waals surface area contributed by atoms with E-state index in [0.717, 1.165) is 43.6 Å². The zero-order chi connectivity index (χ0) is 33.9. The number of aromatic nitrogens is 2. The molecule has 9 rings (SSSR count). The molecule has 2 heterocycles. The molecule has 0 fully saturated rings. The minimum Gasteiger partial charge on any atom is -0.307 e. The Morgan fingerprint density at radius 3 is 1.00 bits per heavy atom. The lowest BCUT2D eigenvalue weighted by molar-refractivity contribution is 0.627. The molecule has 0 aliphatic rings. The molecule has 2 aromatic heterocycles. The second-order valence-electron chi connectivity index (χ2n) is 12.2. The predicted octanol–water partition coefficient (Wildman–Crippen LogP) is 11.2. The average molecular weight is 647 g/mol. The van der Waals surface area contributed by atoms with E-state index in [0.29, 0.717) is 33.6 Å². The number of nitriles is 2. The van der Waals surface area contributed by atoms with Gasteiger partial charge in [-0.3, -0.25) is 0 Å². The molecule has 234 valence electrons. The fraction of sp³-hybridized carbons (Fsp3) is 0. The Morgan fingerprint density at radius 2 is 0.680 bits per heavy atom. The topological polar surface area (TPSA) is 57.4 Å². The second kappa shape index (κ2) is 11.3. The van der Waals surface area contributed by atoms with Crippen LogP contribution < -0.4 is 0 Å². The van der Waals surface area contributed by atoms with E-state index in [1.54, 1.807) is 24.3 Å². The number of rotatable bonds is 4. The van der Waals surface area contributed by atoms with Crippen molar-refractivity contribution in [1.82, 2.24) is 9.13 Å². The maximum Gasteiger partial charge on any atom is 0.123 e. The van der Waals surface area contributed by atoms with Gasteiger partial charge >= 0.3 is 0 Å². The van der Waals surface area contributed by atoms with Crippen LogP contribution in [0, 0.1) is 34.3 Å². The summed E-state index contributed by atoms with van der Waals surface area (Å²) in [4.78, 5) is 0. The van der Waals surface area contributed by atoms with Crippen LogP contribution in [-0.2, 0) is 0 Å². The van der Waals surface area contributed by atoms with E-state index < -0.39 is 11.6 Å². The van der Waals surface area contributed by atoms with Crippen molar-refractivity contribution in [1.29, 1.82) is 10.5 Å². The lowest BCUT2D eigenvalue weighted by atomic mass is 9.86. The van der Waals surface area contributed by atoms with Gasteiger partial charge in [0.15, 0.2) is 0 Å². The molecular weight excluding hydrogens is 623 g/mol. The average Bonchev–Trinajstić information content (AvgIpc) is 3.67. The molecule has 0 spiro atoms.